The lowest BCUT2D eigenvalue weighted by molar-refractivity contribution is -0.116. The fourth-order valence-corrected chi connectivity index (χ4v) is 3.80. The van der Waals surface area contributed by atoms with Crippen LogP contribution < -0.4 is 0 Å². The van der Waals surface area contributed by atoms with E-state index in [2.05, 4.69) is 0 Å². The molecular weight excluding hydrogens is 328 g/mol. The SMILES string of the molecule is O=C1C=C2CCCCCCCCC3=CC(=O)C=C(CCC(=C1)C2=O)C3=O. The van der Waals surface area contributed by atoms with Crippen molar-refractivity contribution < 1.29 is 19.2 Å². The van der Waals surface area contributed by atoms with Gasteiger partial charge in [0.2, 0.25) is 0 Å². The fourth-order valence-electron chi connectivity index (χ4n) is 3.80. The highest BCUT2D eigenvalue weighted by Gasteiger charge is 2.25. The lowest BCUT2D eigenvalue weighted by atomic mass is 9.85. The highest BCUT2D eigenvalue weighted by molar-refractivity contribution is 6.21. The molecule has 1 fully saturated rings. The van der Waals surface area contributed by atoms with Crippen molar-refractivity contribution in [2.75, 3.05) is 0 Å². The smallest absolute Gasteiger partial charge is 0.185 e. The minimum Gasteiger partial charge on any atom is -0.290 e. The number of Topliss-reactive ketones (excluding diaryl/α,β-unsaturated/α-hetero) is 2. The molecule has 3 rings (SSSR count). The van der Waals surface area contributed by atoms with Crippen LogP contribution in [0.2, 0.25) is 0 Å². The Labute approximate surface area is 153 Å². The molecule has 4 nitrogen and oxygen atoms in total. The van der Waals surface area contributed by atoms with E-state index in [4.69, 9.17) is 0 Å². The summed E-state index contributed by atoms with van der Waals surface area (Å²) in [7, 11) is 0. The average molecular weight is 352 g/mol. The molecule has 0 aliphatic heterocycles. The number of carbonyl (C=O) groups excluding carboxylic acids is 4. The van der Waals surface area contributed by atoms with Gasteiger partial charge in [-0.3, -0.25) is 19.2 Å². The number of fused-ring (bicyclic) bond motifs is 4. The van der Waals surface area contributed by atoms with E-state index in [-0.39, 0.29) is 23.1 Å². The summed E-state index contributed by atoms with van der Waals surface area (Å²) in [4.78, 5) is 49.1. The number of allylic oxidation sites excluding steroid dienone is 8. The Kier molecular flexibility index (Phi) is 5.92. The topological polar surface area (TPSA) is 68.3 Å². The number of hydrogen-bond acceptors (Lipinski definition) is 4. The molecule has 136 valence electrons. The Hall–Kier alpha value is -2.36. The Bertz CT molecular complexity index is 708. The van der Waals surface area contributed by atoms with E-state index in [0.29, 0.717) is 48.0 Å². The van der Waals surface area contributed by atoms with Crippen LogP contribution in [0.1, 0.15) is 64.2 Å². The van der Waals surface area contributed by atoms with Crippen molar-refractivity contribution in [1.29, 1.82) is 0 Å². The van der Waals surface area contributed by atoms with Crippen molar-refractivity contribution in [1.82, 2.24) is 0 Å². The van der Waals surface area contributed by atoms with Gasteiger partial charge in [-0.1, -0.05) is 25.7 Å². The summed E-state index contributed by atoms with van der Waals surface area (Å²) in [6, 6.07) is 0. The van der Waals surface area contributed by atoms with Crippen molar-refractivity contribution in [2.24, 2.45) is 0 Å². The molecule has 0 atom stereocenters. The minimum atomic E-state index is -0.156. The third-order valence-electron chi connectivity index (χ3n) is 5.24. The lowest BCUT2D eigenvalue weighted by Gasteiger charge is -2.17. The fraction of sp³-hybridized carbons (Fsp3) is 0.455. The van der Waals surface area contributed by atoms with Crippen molar-refractivity contribution in [3.8, 4) is 0 Å². The quantitative estimate of drug-likeness (QED) is 0.620. The van der Waals surface area contributed by atoms with Crippen LogP contribution in [0.4, 0.5) is 0 Å². The molecule has 26 heavy (non-hydrogen) atoms. The maximum Gasteiger partial charge on any atom is 0.185 e. The van der Waals surface area contributed by atoms with E-state index in [1.165, 1.54) is 24.3 Å². The minimum absolute atomic E-state index is 0.0809. The molecule has 0 radical (unpaired) electrons. The molecule has 3 aliphatic rings. The summed E-state index contributed by atoms with van der Waals surface area (Å²) in [5, 5.41) is 0. The zero-order valence-electron chi connectivity index (χ0n) is 15.0. The second-order valence-corrected chi connectivity index (χ2v) is 7.26. The van der Waals surface area contributed by atoms with Gasteiger partial charge in [0.15, 0.2) is 23.1 Å². The largest absolute Gasteiger partial charge is 0.290 e. The van der Waals surface area contributed by atoms with Crippen molar-refractivity contribution in [2.45, 2.75) is 64.2 Å². The Morgan fingerprint density at radius 1 is 0.423 bits per heavy atom. The maximum atomic E-state index is 12.6. The second-order valence-electron chi connectivity index (χ2n) is 7.26. The molecule has 4 heteroatoms. The first-order valence-electron chi connectivity index (χ1n) is 9.54. The molecule has 0 amide bonds. The molecule has 0 spiro atoms. The van der Waals surface area contributed by atoms with Crippen LogP contribution in [-0.2, 0) is 19.2 Å². The van der Waals surface area contributed by atoms with E-state index in [1.807, 2.05) is 0 Å². The van der Waals surface area contributed by atoms with Crippen LogP contribution in [0.3, 0.4) is 0 Å². The normalized spacial score (nSPS) is 23.1. The first-order valence-corrected chi connectivity index (χ1v) is 9.54. The first kappa shape index (κ1) is 18.4. The van der Waals surface area contributed by atoms with Crippen molar-refractivity contribution >= 4 is 23.1 Å². The molecule has 0 aromatic carbocycles. The monoisotopic (exact) mass is 352 g/mol. The van der Waals surface area contributed by atoms with E-state index >= 15 is 0 Å². The van der Waals surface area contributed by atoms with Crippen LogP contribution in [0.25, 0.3) is 0 Å². The predicted molar refractivity (Wildman–Crippen MR) is 98.5 cm³/mol. The number of carbonyl (C=O) groups is 4. The molecule has 0 unspecified atom stereocenters. The summed E-state index contributed by atoms with van der Waals surface area (Å²) in [6.07, 6.45) is 13.6. The molecule has 0 aromatic rings. The second kappa shape index (κ2) is 8.35. The summed E-state index contributed by atoms with van der Waals surface area (Å²) < 4.78 is 0. The molecule has 0 N–H and O–H groups in total. The summed E-state index contributed by atoms with van der Waals surface area (Å²) in [5.41, 5.74) is 2.08. The van der Waals surface area contributed by atoms with E-state index in [0.717, 1.165) is 38.5 Å². The number of ketones is 4. The van der Waals surface area contributed by atoms with E-state index in [1.54, 1.807) is 0 Å². The van der Waals surface area contributed by atoms with E-state index < -0.39 is 0 Å². The van der Waals surface area contributed by atoms with Gasteiger partial charge in [-0.05, 0) is 62.8 Å². The van der Waals surface area contributed by atoms with Gasteiger partial charge in [0.05, 0.1) is 0 Å². The van der Waals surface area contributed by atoms with E-state index in [9.17, 15) is 19.2 Å². The zero-order valence-corrected chi connectivity index (χ0v) is 15.0. The lowest BCUT2D eigenvalue weighted by Crippen LogP contribution is -2.18. The standard InChI is InChI=1S/C22H24O4/c23-19-11-15-7-5-3-1-2-4-6-8-16-12-20(24)14-18(22(16)26)10-9-17(13-19)21(15)25/h11-14H,1-10H2. The van der Waals surface area contributed by atoms with Crippen molar-refractivity contribution in [3.63, 3.8) is 0 Å². The highest BCUT2D eigenvalue weighted by Crippen LogP contribution is 2.27. The van der Waals surface area contributed by atoms with Crippen LogP contribution in [-0.4, -0.2) is 23.1 Å². The van der Waals surface area contributed by atoms with Crippen LogP contribution in [0.5, 0.6) is 0 Å². The predicted octanol–water partition coefficient (Wildman–Crippen LogP) is 3.91. The molecule has 3 aliphatic carbocycles. The molecular formula is C22H24O4. The zero-order chi connectivity index (χ0) is 18.5. The van der Waals surface area contributed by atoms with Gasteiger partial charge < -0.3 is 0 Å². The van der Waals surface area contributed by atoms with Crippen LogP contribution >= 0.6 is 0 Å². The Morgan fingerprint density at radius 3 is 1.12 bits per heavy atom. The Morgan fingerprint density at radius 2 is 0.731 bits per heavy atom. The molecule has 4 bridgehead atoms. The van der Waals surface area contributed by atoms with Gasteiger partial charge in [-0.25, -0.2) is 0 Å². The molecule has 0 saturated heterocycles. The first-order chi connectivity index (χ1) is 12.5. The van der Waals surface area contributed by atoms with Gasteiger partial charge >= 0.3 is 0 Å². The molecule has 0 aromatic heterocycles. The maximum absolute atomic E-state index is 12.6. The van der Waals surface area contributed by atoms with Crippen LogP contribution in [0, 0.1) is 0 Å². The summed E-state index contributed by atoms with van der Waals surface area (Å²) in [6.45, 7) is 0. The molecule has 1 saturated carbocycles. The van der Waals surface area contributed by atoms with Gasteiger partial charge in [0.1, 0.15) is 0 Å². The van der Waals surface area contributed by atoms with Gasteiger partial charge in [-0.15, -0.1) is 0 Å². The molecule has 0 heterocycles. The average Bonchev–Trinajstić information content (AvgIpc) is 2.60. The number of rotatable bonds is 0. The third kappa shape index (κ3) is 4.43. The summed E-state index contributed by atoms with van der Waals surface area (Å²) in [5.74, 6) is -0.474. The van der Waals surface area contributed by atoms with Gasteiger partial charge in [0.25, 0.3) is 0 Å². The number of hydrogen-bond donors (Lipinski definition) is 0. The Balaban J connectivity index is 1.80. The third-order valence-corrected chi connectivity index (χ3v) is 5.24. The highest BCUT2D eigenvalue weighted by atomic mass is 16.1. The summed E-state index contributed by atoms with van der Waals surface area (Å²) >= 11 is 0. The van der Waals surface area contributed by atoms with Crippen molar-refractivity contribution in [3.05, 3.63) is 46.6 Å². The van der Waals surface area contributed by atoms with Gasteiger partial charge in [0, 0.05) is 22.3 Å². The van der Waals surface area contributed by atoms with Crippen LogP contribution in [0.15, 0.2) is 46.6 Å². The van der Waals surface area contributed by atoms with Gasteiger partial charge in [-0.2, -0.15) is 0 Å².